The molecule has 0 bridgehead atoms. The molecule has 0 aliphatic carbocycles. The van der Waals surface area contributed by atoms with E-state index in [1.807, 2.05) is 12.1 Å². The number of halogens is 2. The highest BCUT2D eigenvalue weighted by Gasteiger charge is 2.25. The minimum absolute atomic E-state index is 0. The Labute approximate surface area is 195 Å². The lowest BCUT2D eigenvalue weighted by Crippen LogP contribution is -2.42. The zero-order valence-corrected chi connectivity index (χ0v) is 19.8. The summed E-state index contributed by atoms with van der Waals surface area (Å²) in [4.78, 5) is 6.78. The molecule has 1 aromatic heterocycles. The first-order valence-corrected chi connectivity index (χ1v) is 10.4. The Morgan fingerprint density at radius 3 is 2.60 bits per heavy atom. The molecule has 1 unspecified atom stereocenters. The summed E-state index contributed by atoms with van der Waals surface area (Å²) >= 11 is 0. The molecule has 3 rings (SSSR count). The van der Waals surface area contributed by atoms with Gasteiger partial charge in [-0.05, 0) is 75.2 Å². The summed E-state index contributed by atoms with van der Waals surface area (Å²) in [5.41, 5.74) is 0. The lowest BCUT2D eigenvalue weighted by molar-refractivity contribution is 0.215. The van der Waals surface area contributed by atoms with Gasteiger partial charge in [-0.2, -0.15) is 0 Å². The molecule has 0 radical (unpaired) electrons. The summed E-state index contributed by atoms with van der Waals surface area (Å²) in [7, 11) is 1.78. The first kappa shape index (κ1) is 24.5. The van der Waals surface area contributed by atoms with Crippen molar-refractivity contribution >= 4 is 29.9 Å². The van der Waals surface area contributed by atoms with Gasteiger partial charge in [-0.3, -0.25) is 9.89 Å². The predicted molar refractivity (Wildman–Crippen MR) is 128 cm³/mol. The van der Waals surface area contributed by atoms with Gasteiger partial charge < -0.3 is 19.8 Å². The monoisotopic (exact) mass is 530 g/mol. The Bertz CT molecular complexity index is 734. The average molecular weight is 530 g/mol. The van der Waals surface area contributed by atoms with Crippen molar-refractivity contribution in [3.8, 4) is 5.75 Å². The second-order valence-electron chi connectivity index (χ2n) is 7.16. The van der Waals surface area contributed by atoms with Crippen molar-refractivity contribution < 1.29 is 13.5 Å². The van der Waals surface area contributed by atoms with E-state index >= 15 is 0 Å². The maximum Gasteiger partial charge on any atom is 0.191 e. The Morgan fingerprint density at radius 1 is 1.17 bits per heavy atom. The number of ether oxygens (including phenoxy) is 1. The van der Waals surface area contributed by atoms with Gasteiger partial charge >= 0.3 is 0 Å². The van der Waals surface area contributed by atoms with Crippen LogP contribution in [0.3, 0.4) is 0 Å². The summed E-state index contributed by atoms with van der Waals surface area (Å²) in [6, 6.07) is 10.3. The normalized spacial score (nSPS) is 15.5. The van der Waals surface area contributed by atoms with E-state index in [4.69, 9.17) is 9.15 Å². The molecule has 6 nitrogen and oxygen atoms in total. The van der Waals surface area contributed by atoms with Gasteiger partial charge in [0.25, 0.3) is 0 Å². The first-order chi connectivity index (χ1) is 14.3. The van der Waals surface area contributed by atoms with Gasteiger partial charge in [-0.1, -0.05) is 0 Å². The molecule has 2 heterocycles. The number of nitrogens with one attached hydrogen (secondary N) is 2. The van der Waals surface area contributed by atoms with E-state index in [1.165, 1.54) is 25.0 Å². The largest absolute Gasteiger partial charge is 0.494 e. The molecule has 1 aromatic carbocycles. The van der Waals surface area contributed by atoms with E-state index in [1.54, 1.807) is 25.4 Å². The third-order valence-electron chi connectivity index (χ3n) is 5.09. The van der Waals surface area contributed by atoms with Crippen LogP contribution in [-0.4, -0.2) is 50.7 Å². The van der Waals surface area contributed by atoms with Crippen LogP contribution in [0.4, 0.5) is 4.39 Å². The number of aliphatic imine (C=N–C) groups is 1. The van der Waals surface area contributed by atoms with Crippen molar-refractivity contribution in [2.75, 3.05) is 39.8 Å². The molecule has 30 heavy (non-hydrogen) atoms. The second kappa shape index (κ2) is 13.5. The van der Waals surface area contributed by atoms with E-state index in [2.05, 4.69) is 20.5 Å². The Hall–Kier alpha value is -1.81. The number of rotatable bonds is 10. The van der Waals surface area contributed by atoms with Gasteiger partial charge in [-0.15, -0.1) is 24.0 Å². The fraction of sp³-hybridized carbons (Fsp3) is 0.500. The van der Waals surface area contributed by atoms with Crippen LogP contribution in [0.25, 0.3) is 0 Å². The Balaban J connectivity index is 0.00000320. The number of unbranched alkanes of at least 4 members (excludes halogenated alkanes) is 1. The lowest BCUT2D eigenvalue weighted by Gasteiger charge is -2.26. The molecule has 1 atom stereocenters. The summed E-state index contributed by atoms with van der Waals surface area (Å²) in [6.07, 6.45) is 6.08. The highest BCUT2D eigenvalue weighted by atomic mass is 127. The molecule has 1 saturated heterocycles. The van der Waals surface area contributed by atoms with Crippen LogP contribution in [0.15, 0.2) is 52.1 Å². The molecule has 0 amide bonds. The number of likely N-dealkylation sites (tertiary alicyclic amines) is 1. The summed E-state index contributed by atoms with van der Waals surface area (Å²) in [5.74, 6) is 2.23. The fourth-order valence-corrected chi connectivity index (χ4v) is 3.51. The number of benzene rings is 1. The minimum atomic E-state index is -0.251. The van der Waals surface area contributed by atoms with Crippen molar-refractivity contribution in [2.45, 2.75) is 31.7 Å². The SMILES string of the molecule is CN=C(NCCCCOc1ccc(F)cc1)NCC(c1ccco1)N1CCCC1.I. The zero-order chi connectivity index (χ0) is 20.3. The molecule has 8 heteroatoms. The van der Waals surface area contributed by atoms with Crippen LogP contribution in [0.1, 0.15) is 37.5 Å². The molecule has 1 aliphatic heterocycles. The molecule has 0 spiro atoms. The number of hydrogen-bond donors (Lipinski definition) is 2. The molecule has 2 N–H and O–H groups in total. The smallest absolute Gasteiger partial charge is 0.191 e. The van der Waals surface area contributed by atoms with E-state index in [-0.39, 0.29) is 35.8 Å². The third kappa shape index (κ3) is 7.79. The maximum absolute atomic E-state index is 12.9. The van der Waals surface area contributed by atoms with Crippen LogP contribution in [0, 0.1) is 5.82 Å². The zero-order valence-electron chi connectivity index (χ0n) is 17.5. The van der Waals surface area contributed by atoms with Crippen LogP contribution in [0.5, 0.6) is 5.75 Å². The van der Waals surface area contributed by atoms with Crippen molar-refractivity contribution in [3.63, 3.8) is 0 Å². The Kier molecular flexibility index (Phi) is 11.0. The van der Waals surface area contributed by atoms with Crippen molar-refractivity contribution in [1.82, 2.24) is 15.5 Å². The van der Waals surface area contributed by atoms with E-state index in [9.17, 15) is 4.39 Å². The fourth-order valence-electron chi connectivity index (χ4n) is 3.51. The average Bonchev–Trinajstić information content (AvgIpc) is 3.45. The molecule has 1 fully saturated rings. The number of hydrogen-bond acceptors (Lipinski definition) is 4. The van der Waals surface area contributed by atoms with E-state index in [0.29, 0.717) is 12.4 Å². The van der Waals surface area contributed by atoms with Crippen molar-refractivity contribution in [3.05, 3.63) is 54.2 Å². The lowest BCUT2D eigenvalue weighted by atomic mass is 10.2. The summed E-state index contributed by atoms with van der Waals surface area (Å²) in [6.45, 7) is 4.37. The van der Waals surface area contributed by atoms with Gasteiger partial charge in [0.2, 0.25) is 0 Å². The highest BCUT2D eigenvalue weighted by Crippen LogP contribution is 2.24. The molecule has 2 aromatic rings. The first-order valence-electron chi connectivity index (χ1n) is 10.4. The standard InChI is InChI=1S/C22H31FN4O2.HI/c1-24-22(25-12-2-5-15-28-19-10-8-18(23)9-11-19)26-17-20(21-7-6-16-29-21)27-13-3-4-14-27;/h6-11,16,20H,2-5,12-15,17H2,1H3,(H2,24,25,26);1H. The minimum Gasteiger partial charge on any atom is -0.494 e. The molecule has 166 valence electrons. The van der Waals surface area contributed by atoms with Gasteiger partial charge in [-0.25, -0.2) is 4.39 Å². The number of nitrogens with zero attached hydrogens (tertiary/aromatic N) is 2. The maximum atomic E-state index is 12.9. The topological polar surface area (TPSA) is 62.0 Å². The second-order valence-corrected chi connectivity index (χ2v) is 7.16. The van der Waals surface area contributed by atoms with Gasteiger partial charge in [0.15, 0.2) is 5.96 Å². The van der Waals surface area contributed by atoms with Crippen molar-refractivity contribution in [1.29, 1.82) is 0 Å². The van der Waals surface area contributed by atoms with Crippen LogP contribution in [-0.2, 0) is 0 Å². The number of furan rings is 1. The number of guanidine groups is 1. The van der Waals surface area contributed by atoms with E-state index < -0.39 is 0 Å². The molecule has 1 aliphatic rings. The molecular formula is C22H32FIN4O2. The van der Waals surface area contributed by atoms with Crippen LogP contribution < -0.4 is 15.4 Å². The van der Waals surface area contributed by atoms with Gasteiger partial charge in [0.05, 0.1) is 18.9 Å². The van der Waals surface area contributed by atoms with Gasteiger partial charge in [0.1, 0.15) is 17.3 Å². The summed E-state index contributed by atoms with van der Waals surface area (Å²) in [5, 5.41) is 6.78. The summed E-state index contributed by atoms with van der Waals surface area (Å²) < 4.78 is 24.2. The van der Waals surface area contributed by atoms with Crippen molar-refractivity contribution in [2.24, 2.45) is 4.99 Å². The third-order valence-corrected chi connectivity index (χ3v) is 5.09. The quantitative estimate of drug-likeness (QED) is 0.209. The highest BCUT2D eigenvalue weighted by molar-refractivity contribution is 14.0. The Morgan fingerprint density at radius 2 is 1.93 bits per heavy atom. The molecule has 0 saturated carbocycles. The van der Waals surface area contributed by atoms with E-state index in [0.717, 1.165) is 50.7 Å². The molecular weight excluding hydrogens is 498 g/mol. The predicted octanol–water partition coefficient (Wildman–Crippen LogP) is 4.20. The van der Waals surface area contributed by atoms with Crippen LogP contribution >= 0.6 is 24.0 Å². The van der Waals surface area contributed by atoms with Gasteiger partial charge in [0, 0.05) is 20.1 Å². The van der Waals surface area contributed by atoms with Crippen LogP contribution in [0.2, 0.25) is 0 Å².